The van der Waals surface area contributed by atoms with Gasteiger partial charge in [-0.3, -0.25) is 0 Å². The van der Waals surface area contributed by atoms with E-state index < -0.39 is 0 Å². The summed E-state index contributed by atoms with van der Waals surface area (Å²) in [4.78, 5) is 4.45. The van der Waals surface area contributed by atoms with Crippen LogP contribution in [-0.4, -0.2) is 16.7 Å². The molecule has 0 saturated heterocycles. The van der Waals surface area contributed by atoms with Gasteiger partial charge in [-0.2, -0.15) is 4.98 Å². The molecule has 0 bridgehead atoms. The average Bonchev–Trinajstić information content (AvgIpc) is 2.89. The highest BCUT2D eigenvalue weighted by Gasteiger charge is 2.16. The van der Waals surface area contributed by atoms with E-state index in [0.717, 1.165) is 22.9 Å². The predicted molar refractivity (Wildman–Crippen MR) is 88.1 cm³/mol. The Morgan fingerprint density at radius 2 is 2.14 bits per heavy atom. The van der Waals surface area contributed by atoms with Gasteiger partial charge in [0.15, 0.2) is 0 Å². The second-order valence-electron chi connectivity index (χ2n) is 5.58. The van der Waals surface area contributed by atoms with Crippen LogP contribution in [0.2, 0.25) is 5.02 Å². The minimum Gasteiger partial charge on any atom is -0.339 e. The van der Waals surface area contributed by atoms with Crippen molar-refractivity contribution in [3.63, 3.8) is 0 Å². The number of hydrogen-bond acceptors (Lipinski definition) is 4. The molecule has 2 N–H and O–H groups in total. The molecule has 4 nitrogen and oxygen atoms in total. The monoisotopic (exact) mass is 371 g/mol. The van der Waals surface area contributed by atoms with Crippen molar-refractivity contribution < 1.29 is 4.52 Å². The minimum atomic E-state index is 0.371. The van der Waals surface area contributed by atoms with Gasteiger partial charge in [-0.05, 0) is 58.9 Å². The van der Waals surface area contributed by atoms with Gasteiger partial charge in [-0.15, -0.1) is 0 Å². The van der Waals surface area contributed by atoms with E-state index in [-0.39, 0.29) is 0 Å². The number of aromatic nitrogens is 2. The zero-order chi connectivity index (χ0) is 15.4. The Morgan fingerprint density at radius 1 is 1.38 bits per heavy atom. The number of hydrogen-bond donors (Lipinski definition) is 1. The van der Waals surface area contributed by atoms with Gasteiger partial charge in [0.25, 0.3) is 0 Å². The Labute approximate surface area is 138 Å². The van der Waals surface area contributed by atoms with E-state index in [1.807, 2.05) is 12.1 Å². The lowest BCUT2D eigenvalue weighted by Gasteiger charge is -2.14. The molecule has 1 aromatic heterocycles. The molecule has 0 radical (unpaired) electrons. The highest BCUT2D eigenvalue weighted by atomic mass is 79.9. The first-order chi connectivity index (χ1) is 9.99. The average molecular weight is 373 g/mol. The fourth-order valence-electron chi connectivity index (χ4n) is 2.27. The Kier molecular flexibility index (Phi) is 5.79. The molecule has 2 rings (SSSR count). The molecule has 0 aliphatic carbocycles. The SMILES string of the molecule is CC(C)C[C@H](CN)Cc1nc(-c2ccc(Cl)c(Br)c2)no1. The van der Waals surface area contributed by atoms with E-state index in [1.165, 1.54) is 0 Å². The summed E-state index contributed by atoms with van der Waals surface area (Å²) in [6, 6.07) is 5.56. The number of nitrogens with zero attached hydrogens (tertiary/aromatic N) is 2. The summed E-state index contributed by atoms with van der Waals surface area (Å²) < 4.78 is 6.15. The number of halogens is 2. The Morgan fingerprint density at radius 3 is 2.76 bits per heavy atom. The summed E-state index contributed by atoms with van der Waals surface area (Å²) in [6.07, 6.45) is 1.77. The quantitative estimate of drug-likeness (QED) is 0.820. The molecule has 0 spiro atoms. The lowest BCUT2D eigenvalue weighted by Crippen LogP contribution is -2.19. The van der Waals surface area contributed by atoms with E-state index in [2.05, 4.69) is 39.9 Å². The molecule has 114 valence electrons. The number of rotatable bonds is 6. The van der Waals surface area contributed by atoms with E-state index in [9.17, 15) is 0 Å². The third-order valence-electron chi connectivity index (χ3n) is 3.25. The molecule has 0 saturated carbocycles. The molecule has 0 aliphatic rings. The lowest BCUT2D eigenvalue weighted by atomic mass is 9.94. The van der Waals surface area contributed by atoms with Gasteiger partial charge in [-0.1, -0.05) is 30.6 Å². The Bertz CT molecular complexity index is 600. The number of benzene rings is 1. The predicted octanol–water partition coefficient (Wildman–Crippen LogP) is 4.32. The summed E-state index contributed by atoms with van der Waals surface area (Å²) >= 11 is 9.38. The standard InChI is InChI=1S/C15H19BrClN3O/c1-9(2)5-10(8-18)6-14-19-15(20-21-14)11-3-4-13(17)12(16)7-11/h3-4,7,9-10H,5-6,8,18H2,1-2H3/t10-/m0/s1. The van der Waals surface area contributed by atoms with E-state index in [1.54, 1.807) is 6.07 Å². The van der Waals surface area contributed by atoms with Crippen LogP contribution >= 0.6 is 27.5 Å². The maximum atomic E-state index is 5.98. The van der Waals surface area contributed by atoms with E-state index in [0.29, 0.717) is 35.1 Å². The first kappa shape index (κ1) is 16.5. The number of nitrogens with two attached hydrogens (primary N) is 1. The maximum absolute atomic E-state index is 5.98. The van der Waals surface area contributed by atoms with Crippen molar-refractivity contribution in [2.75, 3.05) is 6.54 Å². The molecule has 21 heavy (non-hydrogen) atoms. The largest absolute Gasteiger partial charge is 0.339 e. The first-order valence-electron chi connectivity index (χ1n) is 6.97. The zero-order valence-electron chi connectivity index (χ0n) is 12.1. The normalized spacial score (nSPS) is 12.9. The van der Waals surface area contributed by atoms with Gasteiger partial charge >= 0.3 is 0 Å². The highest BCUT2D eigenvalue weighted by Crippen LogP contribution is 2.27. The second kappa shape index (κ2) is 7.38. The summed E-state index contributed by atoms with van der Waals surface area (Å²) in [6.45, 7) is 5.00. The van der Waals surface area contributed by atoms with Crippen LogP contribution in [0.4, 0.5) is 0 Å². The Hall–Kier alpha value is -0.910. The van der Waals surface area contributed by atoms with Gasteiger partial charge in [0.1, 0.15) is 0 Å². The smallest absolute Gasteiger partial charge is 0.227 e. The summed E-state index contributed by atoms with van der Waals surface area (Å²) in [5.74, 6) is 2.18. The summed E-state index contributed by atoms with van der Waals surface area (Å²) in [5.41, 5.74) is 6.68. The van der Waals surface area contributed by atoms with E-state index in [4.69, 9.17) is 21.9 Å². The van der Waals surface area contributed by atoms with Crippen molar-refractivity contribution in [3.8, 4) is 11.4 Å². The topological polar surface area (TPSA) is 64.9 Å². The second-order valence-corrected chi connectivity index (χ2v) is 6.84. The molecule has 1 aromatic carbocycles. The van der Waals surface area contributed by atoms with Crippen LogP contribution in [0.3, 0.4) is 0 Å². The fraction of sp³-hybridized carbons (Fsp3) is 0.467. The van der Waals surface area contributed by atoms with Crippen molar-refractivity contribution >= 4 is 27.5 Å². The van der Waals surface area contributed by atoms with E-state index >= 15 is 0 Å². The van der Waals surface area contributed by atoms with Crippen molar-refractivity contribution in [1.82, 2.24) is 10.1 Å². The molecular weight excluding hydrogens is 354 g/mol. The maximum Gasteiger partial charge on any atom is 0.227 e. The lowest BCUT2D eigenvalue weighted by molar-refractivity contribution is 0.332. The van der Waals surface area contributed by atoms with Crippen LogP contribution in [0.1, 0.15) is 26.2 Å². The zero-order valence-corrected chi connectivity index (χ0v) is 14.5. The van der Waals surface area contributed by atoms with Crippen LogP contribution in [0, 0.1) is 11.8 Å². The summed E-state index contributed by atoms with van der Waals surface area (Å²) in [7, 11) is 0. The van der Waals surface area contributed by atoms with Crippen molar-refractivity contribution in [3.05, 3.63) is 33.6 Å². The van der Waals surface area contributed by atoms with Crippen LogP contribution in [0.25, 0.3) is 11.4 Å². The Balaban J connectivity index is 2.11. The highest BCUT2D eigenvalue weighted by molar-refractivity contribution is 9.10. The molecule has 1 heterocycles. The third-order valence-corrected chi connectivity index (χ3v) is 4.46. The van der Waals surface area contributed by atoms with Gasteiger partial charge < -0.3 is 10.3 Å². The van der Waals surface area contributed by atoms with Crippen LogP contribution in [0.5, 0.6) is 0 Å². The van der Waals surface area contributed by atoms with Crippen molar-refractivity contribution in [1.29, 1.82) is 0 Å². The van der Waals surface area contributed by atoms with Gasteiger partial charge in [-0.25, -0.2) is 0 Å². The minimum absolute atomic E-state index is 0.371. The van der Waals surface area contributed by atoms with Crippen LogP contribution in [0.15, 0.2) is 27.2 Å². The van der Waals surface area contributed by atoms with Crippen LogP contribution < -0.4 is 5.73 Å². The molecule has 0 fully saturated rings. The molecule has 0 aliphatic heterocycles. The fourth-order valence-corrected chi connectivity index (χ4v) is 2.76. The summed E-state index contributed by atoms with van der Waals surface area (Å²) in [5, 5.41) is 4.69. The van der Waals surface area contributed by atoms with Gasteiger partial charge in [0.2, 0.25) is 11.7 Å². The van der Waals surface area contributed by atoms with Crippen LogP contribution in [-0.2, 0) is 6.42 Å². The molecular formula is C15H19BrClN3O. The molecule has 0 unspecified atom stereocenters. The molecule has 0 amide bonds. The van der Waals surface area contributed by atoms with Gasteiger partial charge in [0, 0.05) is 16.5 Å². The van der Waals surface area contributed by atoms with Gasteiger partial charge in [0.05, 0.1) is 5.02 Å². The van der Waals surface area contributed by atoms with Crippen molar-refractivity contribution in [2.45, 2.75) is 26.7 Å². The molecule has 2 aromatic rings. The molecule has 1 atom stereocenters. The molecule has 6 heteroatoms. The third kappa shape index (κ3) is 4.53. The van der Waals surface area contributed by atoms with Crippen molar-refractivity contribution in [2.24, 2.45) is 17.6 Å². The first-order valence-corrected chi connectivity index (χ1v) is 8.14.